The third kappa shape index (κ3) is 3.73. The summed E-state index contributed by atoms with van der Waals surface area (Å²) in [6.07, 6.45) is 0.879. The predicted molar refractivity (Wildman–Crippen MR) is 74.9 cm³/mol. The van der Waals surface area contributed by atoms with Crippen molar-refractivity contribution in [2.75, 3.05) is 32.1 Å². The summed E-state index contributed by atoms with van der Waals surface area (Å²) in [6.45, 7) is 1.54. The van der Waals surface area contributed by atoms with Crippen LogP contribution in [0.3, 0.4) is 0 Å². The quantitative estimate of drug-likeness (QED) is 0.497. The van der Waals surface area contributed by atoms with Crippen LogP contribution in [0.4, 0.5) is 11.4 Å². The van der Waals surface area contributed by atoms with Crippen LogP contribution in [0.25, 0.3) is 0 Å². The van der Waals surface area contributed by atoms with Crippen LogP contribution < -0.4 is 10.2 Å². The zero-order chi connectivity index (χ0) is 13.7. The van der Waals surface area contributed by atoms with Gasteiger partial charge in [-0.2, -0.15) is 0 Å². The van der Waals surface area contributed by atoms with Crippen LogP contribution in [0, 0.1) is 10.1 Å². The fraction of sp³-hybridized carbons (Fsp3) is 0.455. The molecule has 0 unspecified atom stereocenters. The first kappa shape index (κ1) is 15.0. The Morgan fingerprint density at radius 2 is 2.00 bits per heavy atom. The van der Waals surface area contributed by atoms with E-state index in [2.05, 4.69) is 5.32 Å². The molecule has 0 amide bonds. The number of anilines is 1. The topological polar surface area (TPSA) is 58.4 Å². The number of hydrogen-bond acceptors (Lipinski definition) is 4. The normalized spacial score (nSPS) is 10.4. The van der Waals surface area contributed by atoms with Gasteiger partial charge in [0.05, 0.1) is 15.0 Å². The van der Waals surface area contributed by atoms with Gasteiger partial charge in [0, 0.05) is 19.7 Å². The molecule has 7 heteroatoms. The summed E-state index contributed by atoms with van der Waals surface area (Å²) in [7, 11) is 3.66. The zero-order valence-electron chi connectivity index (χ0n) is 10.2. The Hall–Kier alpha value is -1.04. The number of benzene rings is 1. The summed E-state index contributed by atoms with van der Waals surface area (Å²) in [4.78, 5) is 12.3. The Bertz CT molecular complexity index is 441. The molecule has 0 atom stereocenters. The molecule has 0 radical (unpaired) electrons. The first-order chi connectivity index (χ1) is 8.47. The third-order valence-electron chi connectivity index (χ3n) is 2.55. The van der Waals surface area contributed by atoms with Crippen LogP contribution in [0.2, 0.25) is 10.0 Å². The molecule has 0 aromatic heterocycles. The van der Waals surface area contributed by atoms with E-state index in [0.29, 0.717) is 17.3 Å². The Balaban J connectivity index is 2.98. The van der Waals surface area contributed by atoms with Gasteiger partial charge in [-0.1, -0.05) is 23.2 Å². The number of nitrogens with zero attached hydrogens (tertiary/aromatic N) is 2. The fourth-order valence-electron chi connectivity index (χ4n) is 1.59. The molecule has 0 spiro atoms. The van der Waals surface area contributed by atoms with E-state index in [9.17, 15) is 10.1 Å². The maximum atomic E-state index is 11.0. The van der Waals surface area contributed by atoms with Crippen molar-refractivity contribution in [2.24, 2.45) is 0 Å². The van der Waals surface area contributed by atoms with Crippen molar-refractivity contribution < 1.29 is 4.92 Å². The Kier molecular flexibility index (Phi) is 5.65. The van der Waals surface area contributed by atoms with Crippen molar-refractivity contribution in [3.63, 3.8) is 0 Å². The van der Waals surface area contributed by atoms with Crippen LogP contribution in [0.1, 0.15) is 6.42 Å². The zero-order valence-corrected chi connectivity index (χ0v) is 11.8. The van der Waals surface area contributed by atoms with Crippen molar-refractivity contribution in [3.05, 3.63) is 32.3 Å². The second-order valence-corrected chi connectivity index (χ2v) is 4.71. The summed E-state index contributed by atoms with van der Waals surface area (Å²) < 4.78 is 0. The number of hydrogen-bond donors (Lipinski definition) is 1. The van der Waals surface area contributed by atoms with Crippen LogP contribution >= 0.6 is 23.2 Å². The van der Waals surface area contributed by atoms with Crippen molar-refractivity contribution >= 4 is 34.6 Å². The minimum atomic E-state index is -0.452. The van der Waals surface area contributed by atoms with Gasteiger partial charge in [0.25, 0.3) is 5.69 Å². The highest BCUT2D eigenvalue weighted by molar-refractivity contribution is 6.42. The van der Waals surface area contributed by atoms with E-state index in [1.165, 1.54) is 12.1 Å². The van der Waals surface area contributed by atoms with Crippen molar-refractivity contribution in [1.29, 1.82) is 0 Å². The molecule has 1 aromatic carbocycles. The molecule has 0 aliphatic rings. The molecule has 5 nitrogen and oxygen atoms in total. The average Bonchev–Trinajstić information content (AvgIpc) is 2.32. The summed E-state index contributed by atoms with van der Waals surface area (Å²) in [5, 5.41) is 14.5. The third-order valence-corrected chi connectivity index (χ3v) is 3.27. The number of rotatable bonds is 6. The van der Waals surface area contributed by atoms with Crippen LogP contribution in [-0.2, 0) is 0 Å². The van der Waals surface area contributed by atoms with E-state index in [-0.39, 0.29) is 10.7 Å². The first-order valence-corrected chi connectivity index (χ1v) is 6.22. The maximum absolute atomic E-state index is 11.0. The lowest BCUT2D eigenvalue weighted by molar-refractivity contribution is -0.384. The van der Waals surface area contributed by atoms with E-state index >= 15 is 0 Å². The van der Waals surface area contributed by atoms with Gasteiger partial charge in [-0.05, 0) is 26.1 Å². The summed E-state index contributed by atoms with van der Waals surface area (Å²) in [5.74, 6) is 0. The van der Waals surface area contributed by atoms with Crippen molar-refractivity contribution in [1.82, 2.24) is 5.32 Å². The lowest BCUT2D eigenvalue weighted by Gasteiger charge is -2.19. The number of nitro groups is 1. The van der Waals surface area contributed by atoms with E-state index in [0.717, 1.165) is 13.0 Å². The lowest BCUT2D eigenvalue weighted by Crippen LogP contribution is -2.23. The second-order valence-electron chi connectivity index (χ2n) is 3.89. The molecule has 0 saturated heterocycles. The van der Waals surface area contributed by atoms with Gasteiger partial charge in [-0.15, -0.1) is 0 Å². The van der Waals surface area contributed by atoms with E-state index in [4.69, 9.17) is 23.2 Å². The number of nitro benzene ring substituents is 1. The maximum Gasteiger partial charge on any atom is 0.294 e. The van der Waals surface area contributed by atoms with Gasteiger partial charge >= 0.3 is 0 Å². The van der Waals surface area contributed by atoms with Gasteiger partial charge in [-0.3, -0.25) is 10.1 Å². The molecular formula is C11H15Cl2N3O2. The molecule has 0 bridgehead atoms. The smallest absolute Gasteiger partial charge is 0.294 e. The highest BCUT2D eigenvalue weighted by Gasteiger charge is 2.19. The minimum Gasteiger partial charge on any atom is -0.369 e. The van der Waals surface area contributed by atoms with Crippen molar-refractivity contribution in [3.8, 4) is 0 Å². The van der Waals surface area contributed by atoms with E-state index < -0.39 is 4.92 Å². The molecule has 1 N–H and O–H groups in total. The lowest BCUT2D eigenvalue weighted by atomic mass is 10.2. The predicted octanol–water partition coefficient (Wildman–Crippen LogP) is 2.95. The highest BCUT2D eigenvalue weighted by atomic mass is 35.5. The first-order valence-electron chi connectivity index (χ1n) is 5.46. The monoisotopic (exact) mass is 291 g/mol. The van der Waals surface area contributed by atoms with Gasteiger partial charge < -0.3 is 10.2 Å². The fourth-order valence-corrected chi connectivity index (χ4v) is 1.91. The summed E-state index contributed by atoms with van der Waals surface area (Å²) in [6, 6.07) is 2.81. The number of halogens is 2. The summed E-state index contributed by atoms with van der Waals surface area (Å²) in [5.41, 5.74) is 0.446. The molecule has 0 aliphatic heterocycles. The molecular weight excluding hydrogens is 277 g/mol. The van der Waals surface area contributed by atoms with E-state index in [1.54, 1.807) is 11.9 Å². The van der Waals surface area contributed by atoms with E-state index in [1.807, 2.05) is 7.05 Å². The van der Waals surface area contributed by atoms with Crippen LogP contribution in [0.15, 0.2) is 12.1 Å². The van der Waals surface area contributed by atoms with Gasteiger partial charge in [-0.25, -0.2) is 0 Å². The molecule has 18 heavy (non-hydrogen) atoms. The summed E-state index contributed by atoms with van der Waals surface area (Å²) >= 11 is 11.7. The second kappa shape index (κ2) is 6.78. The van der Waals surface area contributed by atoms with Crippen LogP contribution in [0.5, 0.6) is 0 Å². The molecule has 1 rings (SSSR count). The Morgan fingerprint density at radius 1 is 1.39 bits per heavy atom. The number of nitrogens with one attached hydrogen (secondary N) is 1. The Morgan fingerprint density at radius 3 is 2.56 bits per heavy atom. The molecule has 0 aliphatic carbocycles. The average molecular weight is 292 g/mol. The molecule has 0 saturated carbocycles. The van der Waals surface area contributed by atoms with Gasteiger partial charge in [0.2, 0.25) is 0 Å². The highest BCUT2D eigenvalue weighted by Crippen LogP contribution is 2.35. The van der Waals surface area contributed by atoms with Gasteiger partial charge in [0.1, 0.15) is 5.69 Å². The van der Waals surface area contributed by atoms with Crippen LogP contribution in [-0.4, -0.2) is 32.1 Å². The minimum absolute atomic E-state index is 0.0312. The van der Waals surface area contributed by atoms with Gasteiger partial charge in [0.15, 0.2) is 0 Å². The molecule has 100 valence electrons. The largest absolute Gasteiger partial charge is 0.369 e. The molecule has 0 fully saturated rings. The van der Waals surface area contributed by atoms with Crippen molar-refractivity contribution in [2.45, 2.75) is 6.42 Å². The SMILES string of the molecule is CNCCCN(C)c1cc(Cl)c(Cl)cc1[N+](=O)[O-]. The Labute approximate surface area is 116 Å². The molecule has 1 aromatic rings. The molecule has 0 heterocycles. The standard InChI is InChI=1S/C11H15Cl2N3O2/c1-14-4-3-5-15(2)10-6-8(12)9(13)7-11(10)16(17)18/h6-7,14H,3-5H2,1-2H3.